The number of hydrogen-bond donors (Lipinski definition) is 1. The smallest absolute Gasteiger partial charge is 0.409 e. The van der Waals surface area contributed by atoms with Crippen LogP contribution in [0.1, 0.15) is 23.0 Å². The van der Waals surface area contributed by atoms with E-state index in [1.54, 1.807) is 36.2 Å². The van der Waals surface area contributed by atoms with Gasteiger partial charge in [-0.2, -0.15) is 0 Å². The number of nitrogens with one attached hydrogen (secondary N) is 1. The third kappa shape index (κ3) is 4.97. The molecule has 1 fully saturated rings. The number of rotatable bonds is 5. The van der Waals surface area contributed by atoms with E-state index < -0.39 is 0 Å². The molecular formula is C20H23FN4O3. The second-order valence-corrected chi connectivity index (χ2v) is 6.38. The highest BCUT2D eigenvalue weighted by Gasteiger charge is 2.22. The molecule has 0 spiro atoms. The van der Waals surface area contributed by atoms with Gasteiger partial charge in [0.2, 0.25) is 0 Å². The van der Waals surface area contributed by atoms with Crippen molar-refractivity contribution in [1.82, 2.24) is 15.2 Å². The van der Waals surface area contributed by atoms with Crippen LogP contribution in [0.5, 0.6) is 0 Å². The zero-order valence-electron chi connectivity index (χ0n) is 15.7. The number of pyridine rings is 1. The topological polar surface area (TPSA) is 74.8 Å². The third-order valence-corrected chi connectivity index (χ3v) is 4.51. The van der Waals surface area contributed by atoms with Gasteiger partial charge in [-0.1, -0.05) is 12.1 Å². The number of amides is 2. The first-order chi connectivity index (χ1) is 13.6. The lowest BCUT2D eigenvalue weighted by molar-refractivity contribution is 0.0945. The molecule has 0 aliphatic carbocycles. The molecule has 0 saturated carbocycles. The predicted molar refractivity (Wildman–Crippen MR) is 103 cm³/mol. The average molecular weight is 386 g/mol. The molecule has 2 aromatic rings. The summed E-state index contributed by atoms with van der Waals surface area (Å²) in [5, 5.41) is 2.79. The number of hydrogen-bond acceptors (Lipinski definition) is 5. The molecule has 0 unspecified atom stereocenters. The standard InChI is InChI=1S/C20H23FN4O3/c1-2-28-20(27)25-11-9-24(10-12-25)17-7-8-22-18(13-17)19(26)23-14-15-3-5-16(21)6-4-15/h3-8,13H,2,9-12,14H2,1H3,(H,23,26). The van der Waals surface area contributed by atoms with E-state index in [1.807, 2.05) is 6.07 Å². The Morgan fingerprint density at radius 1 is 1.14 bits per heavy atom. The van der Waals surface area contributed by atoms with Gasteiger partial charge in [0.15, 0.2) is 0 Å². The fourth-order valence-corrected chi connectivity index (χ4v) is 2.98. The van der Waals surface area contributed by atoms with Gasteiger partial charge in [0.25, 0.3) is 5.91 Å². The van der Waals surface area contributed by atoms with E-state index >= 15 is 0 Å². The molecule has 1 aromatic heterocycles. The molecule has 0 atom stereocenters. The molecule has 2 heterocycles. The largest absolute Gasteiger partial charge is 0.450 e. The number of piperazine rings is 1. The zero-order valence-corrected chi connectivity index (χ0v) is 15.7. The summed E-state index contributed by atoms with van der Waals surface area (Å²) in [6.45, 7) is 4.87. The van der Waals surface area contributed by atoms with Crippen molar-refractivity contribution in [1.29, 1.82) is 0 Å². The predicted octanol–water partition coefficient (Wildman–Crippen LogP) is 2.43. The van der Waals surface area contributed by atoms with Crippen molar-refractivity contribution >= 4 is 17.7 Å². The number of ether oxygens (including phenoxy) is 1. The van der Waals surface area contributed by atoms with E-state index in [9.17, 15) is 14.0 Å². The van der Waals surface area contributed by atoms with Crippen LogP contribution in [0.15, 0.2) is 42.6 Å². The Hall–Kier alpha value is -3.16. The molecule has 1 N–H and O–H groups in total. The molecule has 0 radical (unpaired) electrons. The number of carbonyl (C=O) groups is 2. The SMILES string of the molecule is CCOC(=O)N1CCN(c2ccnc(C(=O)NCc3ccc(F)cc3)c2)CC1. The maximum Gasteiger partial charge on any atom is 0.409 e. The van der Waals surface area contributed by atoms with E-state index in [2.05, 4.69) is 15.2 Å². The number of halogens is 1. The van der Waals surface area contributed by atoms with Crippen molar-refractivity contribution in [3.63, 3.8) is 0 Å². The summed E-state index contributed by atoms with van der Waals surface area (Å²) in [6.07, 6.45) is 1.30. The zero-order chi connectivity index (χ0) is 19.9. The molecule has 3 rings (SSSR count). The van der Waals surface area contributed by atoms with Gasteiger partial charge < -0.3 is 19.9 Å². The van der Waals surface area contributed by atoms with Crippen molar-refractivity contribution in [2.75, 3.05) is 37.7 Å². The molecule has 2 amide bonds. The van der Waals surface area contributed by atoms with Crippen LogP contribution in [0.3, 0.4) is 0 Å². The molecular weight excluding hydrogens is 363 g/mol. The number of nitrogens with zero attached hydrogens (tertiary/aromatic N) is 3. The lowest BCUT2D eigenvalue weighted by Gasteiger charge is -2.35. The lowest BCUT2D eigenvalue weighted by atomic mass is 10.2. The van der Waals surface area contributed by atoms with Gasteiger partial charge >= 0.3 is 6.09 Å². The highest BCUT2D eigenvalue weighted by molar-refractivity contribution is 5.93. The van der Waals surface area contributed by atoms with Crippen molar-refractivity contribution in [2.45, 2.75) is 13.5 Å². The molecule has 148 valence electrons. The van der Waals surface area contributed by atoms with E-state index in [0.717, 1.165) is 11.3 Å². The Balaban J connectivity index is 1.57. The Morgan fingerprint density at radius 2 is 1.86 bits per heavy atom. The van der Waals surface area contributed by atoms with Gasteiger partial charge in [0.1, 0.15) is 11.5 Å². The summed E-state index contributed by atoms with van der Waals surface area (Å²) in [6, 6.07) is 9.55. The van der Waals surface area contributed by atoms with E-state index in [4.69, 9.17) is 4.74 Å². The molecule has 7 nitrogen and oxygen atoms in total. The minimum absolute atomic E-state index is 0.294. The maximum absolute atomic E-state index is 12.9. The van der Waals surface area contributed by atoms with Crippen LogP contribution in [0.2, 0.25) is 0 Å². The molecule has 1 aliphatic heterocycles. The van der Waals surface area contributed by atoms with Gasteiger partial charge in [0, 0.05) is 44.6 Å². The van der Waals surface area contributed by atoms with Crippen LogP contribution in [-0.2, 0) is 11.3 Å². The summed E-state index contributed by atoms with van der Waals surface area (Å²) >= 11 is 0. The fourth-order valence-electron chi connectivity index (χ4n) is 2.98. The lowest BCUT2D eigenvalue weighted by Crippen LogP contribution is -2.49. The van der Waals surface area contributed by atoms with Gasteiger partial charge in [-0.3, -0.25) is 9.78 Å². The van der Waals surface area contributed by atoms with E-state index in [-0.39, 0.29) is 17.8 Å². The molecule has 1 saturated heterocycles. The normalized spacial score (nSPS) is 13.9. The summed E-state index contributed by atoms with van der Waals surface area (Å²) in [4.78, 5) is 32.1. The summed E-state index contributed by atoms with van der Waals surface area (Å²) in [5.41, 5.74) is 2.00. The second kappa shape index (κ2) is 9.16. The molecule has 1 aromatic carbocycles. The Morgan fingerprint density at radius 3 is 2.54 bits per heavy atom. The van der Waals surface area contributed by atoms with E-state index in [1.165, 1.54) is 12.1 Å². The van der Waals surface area contributed by atoms with Crippen molar-refractivity contribution in [3.8, 4) is 0 Å². The van der Waals surface area contributed by atoms with E-state index in [0.29, 0.717) is 45.0 Å². The Bertz CT molecular complexity index is 820. The average Bonchev–Trinajstić information content (AvgIpc) is 2.73. The molecule has 1 aliphatic rings. The summed E-state index contributed by atoms with van der Waals surface area (Å²) in [7, 11) is 0. The van der Waals surface area contributed by atoms with Crippen molar-refractivity contribution < 1.29 is 18.7 Å². The number of benzene rings is 1. The summed E-state index contributed by atoms with van der Waals surface area (Å²) in [5.74, 6) is -0.608. The van der Waals surface area contributed by atoms with Crippen molar-refractivity contribution in [2.24, 2.45) is 0 Å². The highest BCUT2D eigenvalue weighted by atomic mass is 19.1. The molecule has 0 bridgehead atoms. The van der Waals surface area contributed by atoms with Crippen LogP contribution >= 0.6 is 0 Å². The minimum Gasteiger partial charge on any atom is -0.450 e. The Labute approximate surface area is 163 Å². The first kappa shape index (κ1) is 19.6. The van der Waals surface area contributed by atoms with Crippen LogP contribution in [0, 0.1) is 5.82 Å². The first-order valence-electron chi connectivity index (χ1n) is 9.22. The van der Waals surface area contributed by atoms with Crippen LogP contribution < -0.4 is 10.2 Å². The van der Waals surface area contributed by atoms with Crippen molar-refractivity contribution in [3.05, 3.63) is 59.7 Å². The monoisotopic (exact) mass is 386 g/mol. The van der Waals surface area contributed by atoms with Gasteiger partial charge in [-0.15, -0.1) is 0 Å². The third-order valence-electron chi connectivity index (χ3n) is 4.51. The van der Waals surface area contributed by atoms with Gasteiger partial charge in [-0.05, 0) is 36.8 Å². The first-order valence-corrected chi connectivity index (χ1v) is 9.22. The molecule has 8 heteroatoms. The maximum atomic E-state index is 12.9. The summed E-state index contributed by atoms with van der Waals surface area (Å²) < 4.78 is 18.0. The highest BCUT2D eigenvalue weighted by Crippen LogP contribution is 2.17. The molecule has 28 heavy (non-hydrogen) atoms. The van der Waals surface area contributed by atoms with Crippen LogP contribution in [0.4, 0.5) is 14.9 Å². The number of carbonyl (C=O) groups excluding carboxylic acids is 2. The minimum atomic E-state index is -0.313. The van der Waals surface area contributed by atoms with Crippen LogP contribution in [-0.4, -0.2) is 54.7 Å². The number of anilines is 1. The Kier molecular flexibility index (Phi) is 6.41. The van der Waals surface area contributed by atoms with Gasteiger partial charge in [-0.25, -0.2) is 9.18 Å². The van der Waals surface area contributed by atoms with Gasteiger partial charge in [0.05, 0.1) is 6.61 Å². The van der Waals surface area contributed by atoms with Crippen LogP contribution in [0.25, 0.3) is 0 Å². The second-order valence-electron chi connectivity index (χ2n) is 6.38. The quantitative estimate of drug-likeness (QED) is 0.854. The fraction of sp³-hybridized carbons (Fsp3) is 0.350. The number of aromatic nitrogens is 1.